The number of rotatable bonds is 10. The molecule has 1 aromatic carbocycles. The number of esters is 1. The molecule has 0 bridgehead atoms. The molecule has 0 fully saturated rings. The molecule has 136 valence electrons. The largest absolute Gasteiger partial charge is 0.469 e. The number of carbonyl (C=O) groups excluding carboxylic acids is 2. The number of allylic oxidation sites excluding steroid dienone is 1. The molecule has 0 aliphatic rings. The minimum absolute atomic E-state index is 0.159. The van der Waals surface area contributed by atoms with E-state index in [4.69, 9.17) is 9.47 Å². The normalized spacial score (nSPS) is 13.8. The highest BCUT2D eigenvalue weighted by Gasteiger charge is 2.44. The number of nitrogens with one attached hydrogen (secondary N) is 1. The Kier molecular flexibility index (Phi) is 8.47. The molecule has 2 atom stereocenters. The van der Waals surface area contributed by atoms with E-state index in [1.165, 1.54) is 7.11 Å². The fourth-order valence-electron chi connectivity index (χ4n) is 2.86. The van der Waals surface area contributed by atoms with Gasteiger partial charge in [0.2, 0.25) is 0 Å². The molecule has 0 spiro atoms. The van der Waals surface area contributed by atoms with Crippen LogP contribution in [0.3, 0.4) is 0 Å². The van der Waals surface area contributed by atoms with Gasteiger partial charge in [0, 0.05) is 0 Å². The summed E-state index contributed by atoms with van der Waals surface area (Å²) in [6, 6.07) is 8.89. The minimum atomic E-state index is -0.906. The van der Waals surface area contributed by atoms with Gasteiger partial charge in [-0.15, -0.1) is 13.2 Å². The van der Waals surface area contributed by atoms with E-state index in [0.29, 0.717) is 19.3 Å². The molecule has 0 saturated carbocycles. The molecule has 0 unspecified atom stereocenters. The van der Waals surface area contributed by atoms with Crippen LogP contribution in [-0.2, 0) is 20.9 Å². The lowest BCUT2D eigenvalue weighted by Gasteiger charge is -2.36. The van der Waals surface area contributed by atoms with Gasteiger partial charge in [-0.25, -0.2) is 4.79 Å². The van der Waals surface area contributed by atoms with E-state index < -0.39 is 17.6 Å². The molecule has 0 radical (unpaired) electrons. The van der Waals surface area contributed by atoms with Crippen LogP contribution >= 0.6 is 0 Å². The van der Waals surface area contributed by atoms with Gasteiger partial charge in [-0.05, 0) is 24.8 Å². The molecular formula is C20H27NO4. The summed E-state index contributed by atoms with van der Waals surface area (Å²) < 4.78 is 10.3. The summed E-state index contributed by atoms with van der Waals surface area (Å²) >= 11 is 0. The second kappa shape index (κ2) is 10.3. The molecule has 1 rings (SSSR count). The van der Waals surface area contributed by atoms with Crippen LogP contribution in [0.4, 0.5) is 4.79 Å². The number of hydrogen-bond donors (Lipinski definition) is 1. The van der Waals surface area contributed by atoms with Crippen molar-refractivity contribution in [1.82, 2.24) is 5.32 Å². The number of ether oxygens (including phenoxy) is 2. The first-order valence-corrected chi connectivity index (χ1v) is 8.31. The number of carbonyl (C=O) groups is 2. The third-order valence-electron chi connectivity index (χ3n) is 4.31. The third-order valence-corrected chi connectivity index (χ3v) is 4.31. The van der Waals surface area contributed by atoms with Gasteiger partial charge >= 0.3 is 12.1 Å². The van der Waals surface area contributed by atoms with Crippen molar-refractivity contribution in [2.24, 2.45) is 5.41 Å². The maximum atomic E-state index is 12.4. The lowest BCUT2D eigenvalue weighted by Crippen LogP contribution is -2.52. The molecule has 5 nitrogen and oxygen atoms in total. The first-order valence-electron chi connectivity index (χ1n) is 8.31. The van der Waals surface area contributed by atoms with Crippen molar-refractivity contribution >= 4 is 12.1 Å². The van der Waals surface area contributed by atoms with Gasteiger partial charge in [0.15, 0.2) is 0 Å². The Labute approximate surface area is 149 Å². The summed E-state index contributed by atoms with van der Waals surface area (Å²) in [7, 11) is 1.34. The lowest BCUT2D eigenvalue weighted by molar-refractivity contribution is -0.154. The van der Waals surface area contributed by atoms with Gasteiger partial charge in [0.05, 0.1) is 18.6 Å². The van der Waals surface area contributed by atoms with Crippen LogP contribution in [0, 0.1) is 5.41 Å². The Hall–Kier alpha value is -2.56. The highest BCUT2D eigenvalue weighted by molar-refractivity contribution is 5.79. The van der Waals surface area contributed by atoms with Crippen LogP contribution in [0.25, 0.3) is 0 Å². The Morgan fingerprint density at radius 3 is 2.44 bits per heavy atom. The molecule has 1 aromatic rings. The lowest BCUT2D eigenvalue weighted by atomic mass is 9.73. The topological polar surface area (TPSA) is 64.6 Å². The van der Waals surface area contributed by atoms with E-state index in [9.17, 15) is 9.59 Å². The fraction of sp³-hybridized carbons (Fsp3) is 0.400. The average molecular weight is 345 g/mol. The van der Waals surface area contributed by atoms with Crippen LogP contribution in [0.15, 0.2) is 55.6 Å². The predicted octanol–water partition coefficient (Wildman–Crippen LogP) is 4.00. The molecule has 0 aliphatic carbocycles. The second-order valence-corrected chi connectivity index (χ2v) is 5.78. The smallest absolute Gasteiger partial charge is 0.407 e. The molecule has 25 heavy (non-hydrogen) atoms. The molecule has 0 aromatic heterocycles. The Morgan fingerprint density at radius 1 is 1.24 bits per heavy atom. The molecule has 0 saturated heterocycles. The molecule has 1 amide bonds. The third kappa shape index (κ3) is 5.48. The van der Waals surface area contributed by atoms with Gasteiger partial charge < -0.3 is 14.8 Å². The number of hydrogen-bond acceptors (Lipinski definition) is 4. The first-order chi connectivity index (χ1) is 12.0. The summed E-state index contributed by atoms with van der Waals surface area (Å²) in [5.74, 6) is -0.384. The van der Waals surface area contributed by atoms with E-state index in [1.54, 1.807) is 12.2 Å². The van der Waals surface area contributed by atoms with Crippen molar-refractivity contribution in [3.63, 3.8) is 0 Å². The molecule has 0 aliphatic heterocycles. The van der Waals surface area contributed by atoms with Gasteiger partial charge in [-0.1, -0.05) is 49.4 Å². The van der Waals surface area contributed by atoms with E-state index >= 15 is 0 Å². The zero-order valence-corrected chi connectivity index (χ0v) is 15.0. The summed E-state index contributed by atoms with van der Waals surface area (Å²) in [5, 5.41) is 2.80. The van der Waals surface area contributed by atoms with Crippen LogP contribution in [0.5, 0.6) is 0 Å². The zero-order valence-electron chi connectivity index (χ0n) is 15.0. The Balaban J connectivity index is 2.88. The zero-order chi connectivity index (χ0) is 18.7. The minimum Gasteiger partial charge on any atom is -0.469 e. The van der Waals surface area contributed by atoms with Crippen LogP contribution in [0.1, 0.15) is 31.7 Å². The summed E-state index contributed by atoms with van der Waals surface area (Å²) in [6.45, 7) is 9.50. The molecular weight excluding hydrogens is 318 g/mol. The Morgan fingerprint density at radius 2 is 1.92 bits per heavy atom. The van der Waals surface area contributed by atoms with Crippen molar-refractivity contribution in [3.05, 3.63) is 61.2 Å². The number of methoxy groups -OCH3 is 1. The second-order valence-electron chi connectivity index (χ2n) is 5.78. The van der Waals surface area contributed by atoms with Gasteiger partial charge in [0.25, 0.3) is 0 Å². The molecule has 0 heterocycles. The van der Waals surface area contributed by atoms with Crippen LogP contribution in [-0.4, -0.2) is 25.2 Å². The summed E-state index contributed by atoms with van der Waals surface area (Å²) in [5.41, 5.74) is -0.0186. The van der Waals surface area contributed by atoms with E-state index in [0.717, 1.165) is 5.56 Å². The van der Waals surface area contributed by atoms with Gasteiger partial charge in [0.1, 0.15) is 6.61 Å². The van der Waals surface area contributed by atoms with Crippen molar-refractivity contribution in [3.8, 4) is 0 Å². The highest BCUT2D eigenvalue weighted by Crippen LogP contribution is 2.35. The monoisotopic (exact) mass is 345 g/mol. The maximum Gasteiger partial charge on any atom is 0.407 e. The van der Waals surface area contributed by atoms with Crippen molar-refractivity contribution in [2.45, 2.75) is 38.8 Å². The highest BCUT2D eigenvalue weighted by atomic mass is 16.5. The predicted molar refractivity (Wildman–Crippen MR) is 97.9 cm³/mol. The standard InChI is InChI=1S/C20H27NO4/c1-5-11-17(20(7-3,14-6-2)18(22)24-4)21-19(23)25-15-16-12-9-8-10-13-16/h5-6,8-10,12-13,17H,1-2,7,11,14-15H2,3-4H3,(H,21,23)/t17-,20-/m1/s1. The summed E-state index contributed by atoms with van der Waals surface area (Å²) in [4.78, 5) is 24.7. The number of amides is 1. The van der Waals surface area contributed by atoms with E-state index in [-0.39, 0.29) is 12.6 Å². The molecule has 1 N–H and O–H groups in total. The maximum absolute atomic E-state index is 12.4. The van der Waals surface area contributed by atoms with Crippen LogP contribution in [0.2, 0.25) is 0 Å². The van der Waals surface area contributed by atoms with E-state index in [2.05, 4.69) is 18.5 Å². The fourth-order valence-corrected chi connectivity index (χ4v) is 2.86. The quantitative estimate of drug-likeness (QED) is 0.514. The van der Waals surface area contributed by atoms with Crippen molar-refractivity contribution in [2.75, 3.05) is 7.11 Å². The summed E-state index contributed by atoms with van der Waals surface area (Å²) in [6.07, 6.45) is 4.03. The Bertz CT molecular complexity index is 585. The number of benzene rings is 1. The molecule has 5 heteroatoms. The van der Waals surface area contributed by atoms with Crippen LogP contribution < -0.4 is 5.32 Å². The first kappa shape index (κ1) is 20.5. The van der Waals surface area contributed by atoms with Crippen molar-refractivity contribution in [1.29, 1.82) is 0 Å². The van der Waals surface area contributed by atoms with E-state index in [1.807, 2.05) is 37.3 Å². The average Bonchev–Trinajstić information content (AvgIpc) is 2.64. The SMILES string of the molecule is C=CC[C@@H](NC(=O)OCc1ccccc1)[C@@](CC)(CC=C)C(=O)OC. The number of alkyl carbamates (subject to hydrolysis) is 1. The van der Waals surface area contributed by atoms with Gasteiger partial charge in [-0.2, -0.15) is 0 Å². The van der Waals surface area contributed by atoms with Gasteiger partial charge in [-0.3, -0.25) is 4.79 Å². The van der Waals surface area contributed by atoms with Crippen molar-refractivity contribution < 1.29 is 19.1 Å².